The SMILES string of the molecule is CCN(CC)[N+](=O)NOCC1=C(C(=O)O)N2C(=O)[C@@H](NC(=O)Cc3ccccc3)[C@H]2SC1. The smallest absolute Gasteiger partial charge is 0.352 e. The molecule has 2 aliphatic heterocycles. The fourth-order valence-corrected chi connectivity index (χ4v) is 4.84. The van der Waals surface area contributed by atoms with E-state index in [2.05, 4.69) is 10.9 Å². The third kappa shape index (κ3) is 5.02. The summed E-state index contributed by atoms with van der Waals surface area (Å²) in [6.45, 7) is 4.37. The maximum absolute atomic E-state index is 12.7. The van der Waals surface area contributed by atoms with Crippen molar-refractivity contribution in [2.24, 2.45) is 0 Å². The van der Waals surface area contributed by atoms with Crippen molar-refractivity contribution in [2.45, 2.75) is 31.7 Å². The van der Waals surface area contributed by atoms with E-state index >= 15 is 0 Å². The Labute approximate surface area is 189 Å². The van der Waals surface area contributed by atoms with Crippen molar-refractivity contribution in [3.63, 3.8) is 0 Å². The molecule has 0 unspecified atom stereocenters. The number of hydrogen-bond acceptors (Lipinski definition) is 6. The molecule has 3 rings (SSSR count). The number of nitroso groups, excluding NO2 is 1. The monoisotopic (exact) mass is 464 g/mol. The molecular weight excluding hydrogens is 438 g/mol. The number of nitrogens with one attached hydrogen (secondary N) is 2. The van der Waals surface area contributed by atoms with E-state index in [1.165, 1.54) is 21.7 Å². The number of benzene rings is 1. The van der Waals surface area contributed by atoms with Gasteiger partial charge in [0.1, 0.15) is 23.7 Å². The van der Waals surface area contributed by atoms with Crippen molar-refractivity contribution in [3.8, 4) is 0 Å². The highest BCUT2D eigenvalue weighted by molar-refractivity contribution is 8.00. The van der Waals surface area contributed by atoms with E-state index in [1.807, 2.05) is 44.2 Å². The summed E-state index contributed by atoms with van der Waals surface area (Å²) in [4.78, 5) is 55.5. The van der Waals surface area contributed by atoms with Gasteiger partial charge < -0.3 is 10.4 Å². The largest absolute Gasteiger partial charge is 0.477 e. The standard InChI is InChI=1S/C20H25N5O6S/c1-3-23(4-2)25(30)22-31-11-14-12-32-19-16(18(27)24(19)17(14)20(28)29)21-15(26)10-13-8-6-5-7-9-13/h5-9,16,19H,3-4,10-12H2,1-2H3,(H2-,21,22,26,28,29,30)/p+1/t16-,19-/m1/s1. The lowest BCUT2D eigenvalue weighted by atomic mass is 10.0. The first-order valence-electron chi connectivity index (χ1n) is 10.2. The minimum absolute atomic E-state index is 0.132. The van der Waals surface area contributed by atoms with Crippen molar-refractivity contribution in [1.29, 1.82) is 0 Å². The van der Waals surface area contributed by atoms with Gasteiger partial charge in [0.15, 0.2) is 0 Å². The first kappa shape index (κ1) is 23.5. The summed E-state index contributed by atoms with van der Waals surface area (Å²) in [5.41, 5.74) is 3.22. The highest BCUT2D eigenvalue weighted by Gasteiger charge is 2.54. The van der Waals surface area contributed by atoms with E-state index in [0.29, 0.717) is 23.6 Å². The van der Waals surface area contributed by atoms with Crippen molar-refractivity contribution in [3.05, 3.63) is 52.1 Å². The first-order chi connectivity index (χ1) is 15.4. The number of carbonyl (C=O) groups is 3. The number of carboxylic acids is 1. The third-order valence-electron chi connectivity index (χ3n) is 5.15. The number of amides is 2. The number of nitrogens with zero attached hydrogens (tertiary/aromatic N) is 3. The molecule has 0 bridgehead atoms. The average molecular weight is 465 g/mol. The predicted octanol–water partition coefficient (Wildman–Crippen LogP) is 0.440. The maximum Gasteiger partial charge on any atom is 0.352 e. The van der Waals surface area contributed by atoms with Crippen LogP contribution in [0.5, 0.6) is 0 Å². The van der Waals surface area contributed by atoms with Crippen LogP contribution in [0.1, 0.15) is 19.4 Å². The van der Waals surface area contributed by atoms with Gasteiger partial charge in [-0.2, -0.15) is 0 Å². The van der Waals surface area contributed by atoms with Gasteiger partial charge in [0.05, 0.1) is 24.4 Å². The molecule has 2 amide bonds. The lowest BCUT2D eigenvalue weighted by Gasteiger charge is -2.49. The molecule has 32 heavy (non-hydrogen) atoms. The van der Waals surface area contributed by atoms with E-state index < -0.39 is 23.3 Å². The number of rotatable bonds is 11. The summed E-state index contributed by atoms with van der Waals surface area (Å²) in [6, 6.07) is 8.35. The minimum atomic E-state index is -1.26. The van der Waals surface area contributed by atoms with Gasteiger partial charge >= 0.3 is 5.97 Å². The van der Waals surface area contributed by atoms with Gasteiger partial charge in [0, 0.05) is 11.3 Å². The second-order valence-electron chi connectivity index (χ2n) is 7.17. The fourth-order valence-electron chi connectivity index (χ4n) is 3.51. The van der Waals surface area contributed by atoms with Gasteiger partial charge in [-0.05, 0) is 25.0 Å². The van der Waals surface area contributed by atoms with Crippen LogP contribution in [0.15, 0.2) is 41.6 Å². The Kier molecular flexibility index (Phi) is 7.70. The second-order valence-corrected chi connectivity index (χ2v) is 8.27. The van der Waals surface area contributed by atoms with Gasteiger partial charge in [-0.15, -0.1) is 16.8 Å². The Morgan fingerprint density at radius 2 is 1.97 bits per heavy atom. The summed E-state index contributed by atoms with van der Waals surface area (Å²) in [7, 11) is 0. The summed E-state index contributed by atoms with van der Waals surface area (Å²) in [5.74, 6) is -1.77. The van der Waals surface area contributed by atoms with Crippen molar-refractivity contribution in [2.75, 3.05) is 25.4 Å². The van der Waals surface area contributed by atoms with E-state index in [-0.39, 0.29) is 30.4 Å². The zero-order valence-electron chi connectivity index (χ0n) is 17.8. The van der Waals surface area contributed by atoms with E-state index in [4.69, 9.17) is 4.84 Å². The molecule has 2 atom stereocenters. The minimum Gasteiger partial charge on any atom is -0.477 e. The van der Waals surface area contributed by atoms with Crippen LogP contribution in [0.4, 0.5) is 0 Å². The van der Waals surface area contributed by atoms with Crippen LogP contribution >= 0.6 is 11.8 Å². The lowest BCUT2D eigenvalue weighted by Crippen LogP contribution is -2.70. The van der Waals surface area contributed by atoms with E-state index in [9.17, 15) is 24.4 Å². The molecule has 0 aromatic heterocycles. The molecule has 0 spiro atoms. The number of fused-ring (bicyclic) bond motifs is 1. The Morgan fingerprint density at radius 3 is 2.59 bits per heavy atom. The Bertz CT molecular complexity index is 920. The third-order valence-corrected chi connectivity index (χ3v) is 6.49. The van der Waals surface area contributed by atoms with Gasteiger partial charge in [-0.1, -0.05) is 30.3 Å². The quantitative estimate of drug-likeness (QED) is 0.242. The molecule has 1 saturated heterocycles. The van der Waals surface area contributed by atoms with Crippen LogP contribution < -0.4 is 10.9 Å². The molecule has 0 aliphatic carbocycles. The van der Waals surface area contributed by atoms with Gasteiger partial charge in [-0.25, -0.2) is 9.63 Å². The highest BCUT2D eigenvalue weighted by Crippen LogP contribution is 2.40. The van der Waals surface area contributed by atoms with E-state index in [1.54, 1.807) is 0 Å². The van der Waals surface area contributed by atoms with Gasteiger partial charge in [-0.3, -0.25) is 14.5 Å². The topological polar surface area (TPSA) is 131 Å². The second kappa shape index (κ2) is 10.5. The zero-order valence-corrected chi connectivity index (χ0v) is 18.6. The van der Waals surface area contributed by atoms with Gasteiger partial charge in [0.2, 0.25) is 5.91 Å². The number of aliphatic carboxylic acids is 1. The molecular formula is C20H26N5O6S+. The molecule has 0 radical (unpaired) electrons. The van der Waals surface area contributed by atoms with Crippen LogP contribution in [-0.4, -0.2) is 74.6 Å². The summed E-state index contributed by atoms with van der Waals surface area (Å²) in [5, 5.41) is 13.3. The number of carbonyl (C=O) groups excluding carboxylic acids is 2. The Hall–Kier alpha value is -3.12. The van der Waals surface area contributed by atoms with Crippen LogP contribution in [0.25, 0.3) is 0 Å². The maximum atomic E-state index is 12.7. The fraction of sp³-hybridized carbons (Fsp3) is 0.450. The number of hydrazine groups is 2. The number of β-lactam (4-membered cyclic amide) rings is 1. The number of thioether (sulfide) groups is 1. The lowest BCUT2D eigenvalue weighted by molar-refractivity contribution is -0.787. The number of hydrogen-bond donors (Lipinski definition) is 3. The molecule has 1 fully saturated rings. The predicted molar refractivity (Wildman–Crippen MR) is 115 cm³/mol. The molecule has 11 nitrogen and oxygen atoms in total. The molecule has 2 heterocycles. The summed E-state index contributed by atoms with van der Waals surface area (Å²) >= 11 is 1.34. The van der Waals surface area contributed by atoms with Crippen molar-refractivity contribution >= 4 is 29.5 Å². The van der Waals surface area contributed by atoms with Crippen molar-refractivity contribution in [1.82, 2.24) is 20.8 Å². The zero-order chi connectivity index (χ0) is 23.3. The summed E-state index contributed by atoms with van der Waals surface area (Å²) < 4.78 is 0. The highest BCUT2D eigenvalue weighted by atomic mass is 32.2. The van der Waals surface area contributed by atoms with Crippen LogP contribution in [0.2, 0.25) is 0 Å². The normalized spacial score (nSPS) is 19.7. The molecule has 3 N–H and O–H groups in total. The molecule has 172 valence electrons. The van der Waals surface area contributed by atoms with Crippen LogP contribution in [0, 0.1) is 4.91 Å². The molecule has 12 heteroatoms. The first-order valence-corrected chi connectivity index (χ1v) is 11.2. The average Bonchev–Trinajstić information content (AvgIpc) is 2.78. The molecule has 0 saturated carbocycles. The van der Waals surface area contributed by atoms with Crippen LogP contribution in [0.3, 0.4) is 0 Å². The van der Waals surface area contributed by atoms with E-state index in [0.717, 1.165) is 5.56 Å². The molecule has 1 aromatic carbocycles. The Morgan fingerprint density at radius 1 is 1.28 bits per heavy atom. The van der Waals surface area contributed by atoms with Gasteiger partial charge in [0.25, 0.3) is 10.9 Å². The summed E-state index contributed by atoms with van der Waals surface area (Å²) in [6.07, 6.45) is 0.132. The van der Waals surface area contributed by atoms with Crippen molar-refractivity contribution < 1.29 is 29.3 Å². The molecule has 2 aliphatic rings. The van der Waals surface area contributed by atoms with Crippen LogP contribution in [-0.2, 0) is 25.6 Å². The Balaban J connectivity index is 1.61. The number of carboxylic acid groups (broad SMARTS) is 1. The molecule has 1 aromatic rings.